The summed E-state index contributed by atoms with van der Waals surface area (Å²) in [4.78, 5) is 36.0. The second-order valence-corrected chi connectivity index (χ2v) is 11.9. The number of carbonyl (C=O) groups is 3. The first-order valence-corrected chi connectivity index (χ1v) is 15.3. The molecule has 1 unspecified atom stereocenters. The summed E-state index contributed by atoms with van der Waals surface area (Å²) in [6, 6.07) is 15.2. The maximum atomic E-state index is 12.3. The Morgan fingerprint density at radius 3 is 2.09 bits per heavy atom. The molecule has 2 heterocycles. The Hall–Kier alpha value is -3.61. The van der Waals surface area contributed by atoms with Gasteiger partial charge >= 0.3 is 5.97 Å². The van der Waals surface area contributed by atoms with E-state index in [1.807, 2.05) is 48.5 Å². The number of fused-ring (bicyclic) bond motifs is 2. The quantitative estimate of drug-likeness (QED) is 0.240. The zero-order valence-electron chi connectivity index (χ0n) is 23.0. The molecule has 2 aromatic heterocycles. The monoisotopic (exact) mass is 712 g/mol. The molecule has 10 nitrogen and oxygen atoms in total. The van der Waals surface area contributed by atoms with Crippen LogP contribution < -0.4 is 11.5 Å². The molecule has 0 fully saturated rings. The highest BCUT2D eigenvalue weighted by atomic mass is 79.9. The summed E-state index contributed by atoms with van der Waals surface area (Å²) in [5.41, 5.74) is 16.7. The summed E-state index contributed by atoms with van der Waals surface area (Å²) >= 11 is 6.87. The van der Waals surface area contributed by atoms with Crippen molar-refractivity contribution in [3.8, 4) is 11.4 Å². The van der Waals surface area contributed by atoms with Crippen molar-refractivity contribution < 1.29 is 19.1 Å². The summed E-state index contributed by atoms with van der Waals surface area (Å²) in [7, 11) is 0. The summed E-state index contributed by atoms with van der Waals surface area (Å²) < 4.78 is 10.4. The highest BCUT2D eigenvalue weighted by Gasteiger charge is 2.32. The molecule has 2 aliphatic carbocycles. The van der Waals surface area contributed by atoms with Crippen LogP contribution >= 0.6 is 31.9 Å². The molecule has 12 heteroatoms. The number of hydrogen-bond acceptors (Lipinski definition) is 7. The second kappa shape index (κ2) is 13.8. The lowest BCUT2D eigenvalue weighted by molar-refractivity contribution is 0.0515. The van der Waals surface area contributed by atoms with Gasteiger partial charge in [-0.15, -0.1) is 0 Å². The zero-order valence-corrected chi connectivity index (χ0v) is 26.2. The van der Waals surface area contributed by atoms with Crippen LogP contribution in [0.15, 0.2) is 57.5 Å². The van der Waals surface area contributed by atoms with Crippen molar-refractivity contribution in [1.29, 1.82) is 0 Å². The predicted octanol–water partition coefficient (Wildman–Crippen LogP) is 6.04. The molecule has 0 saturated carbocycles. The molecule has 0 bridgehead atoms. The molecule has 0 radical (unpaired) electrons. The van der Waals surface area contributed by atoms with Gasteiger partial charge in [-0.2, -0.15) is 10.2 Å². The molecule has 0 saturated heterocycles. The minimum Gasteiger partial charge on any atom is -0.461 e. The van der Waals surface area contributed by atoms with Crippen LogP contribution in [-0.2, 0) is 17.6 Å². The number of primary amides is 1. The molecular formula is C31H34Br2N6O4. The van der Waals surface area contributed by atoms with Crippen LogP contribution in [-0.4, -0.2) is 43.8 Å². The van der Waals surface area contributed by atoms with Crippen LogP contribution in [0.5, 0.6) is 0 Å². The first-order valence-electron chi connectivity index (χ1n) is 13.7. The van der Waals surface area contributed by atoms with Gasteiger partial charge in [-0.25, -0.2) is 14.2 Å². The number of halogens is 2. The van der Waals surface area contributed by atoms with E-state index in [9.17, 15) is 14.4 Å². The molecule has 4 N–H and O–H groups in total. The van der Waals surface area contributed by atoms with Gasteiger partial charge in [0.1, 0.15) is 0 Å². The summed E-state index contributed by atoms with van der Waals surface area (Å²) in [6.45, 7) is 1.99. The minimum absolute atomic E-state index is 0. The van der Waals surface area contributed by atoms with Gasteiger partial charge in [0.15, 0.2) is 17.2 Å². The number of Topliss-reactive ketones (excluding diaryl/α,β-unsaturated/α-hetero) is 1. The van der Waals surface area contributed by atoms with Gasteiger partial charge in [-0.05, 0) is 75.4 Å². The predicted molar refractivity (Wildman–Crippen MR) is 171 cm³/mol. The van der Waals surface area contributed by atoms with E-state index in [1.54, 1.807) is 16.3 Å². The van der Waals surface area contributed by atoms with Gasteiger partial charge < -0.3 is 16.2 Å². The third kappa shape index (κ3) is 6.66. The maximum absolute atomic E-state index is 12.3. The average molecular weight is 714 g/mol. The van der Waals surface area contributed by atoms with Gasteiger partial charge in [0.05, 0.1) is 29.2 Å². The molecular weight excluding hydrogens is 680 g/mol. The highest BCUT2D eigenvalue weighted by Crippen LogP contribution is 2.33. The van der Waals surface area contributed by atoms with Crippen molar-refractivity contribution in [2.24, 2.45) is 11.5 Å². The van der Waals surface area contributed by atoms with E-state index in [1.165, 1.54) is 0 Å². The van der Waals surface area contributed by atoms with Crippen LogP contribution in [0.1, 0.15) is 94.4 Å². The number of hydrogen-bond donors (Lipinski definition) is 2. The lowest BCUT2D eigenvalue weighted by atomic mass is 9.91. The fourth-order valence-corrected chi connectivity index (χ4v) is 6.19. The number of benzene rings is 2. The van der Waals surface area contributed by atoms with Gasteiger partial charge in [0.25, 0.3) is 5.91 Å². The van der Waals surface area contributed by atoms with Gasteiger partial charge in [-0.3, -0.25) is 9.59 Å². The Morgan fingerprint density at radius 1 is 0.930 bits per heavy atom. The van der Waals surface area contributed by atoms with Crippen LogP contribution in [0.4, 0.5) is 0 Å². The maximum Gasteiger partial charge on any atom is 0.359 e. The minimum atomic E-state index is -0.539. The Bertz CT molecular complexity index is 1680. The van der Waals surface area contributed by atoms with Gasteiger partial charge in [0, 0.05) is 32.7 Å². The van der Waals surface area contributed by atoms with Gasteiger partial charge in [-0.1, -0.05) is 51.4 Å². The van der Waals surface area contributed by atoms with E-state index in [4.69, 9.17) is 16.2 Å². The first-order chi connectivity index (χ1) is 20.2. The van der Waals surface area contributed by atoms with Crippen molar-refractivity contribution in [3.63, 3.8) is 0 Å². The molecule has 226 valence electrons. The standard InChI is InChI=1S/C16H15BrN2O3.C14H15BrN4O.CH4/c1-2-22-16(21)15-14-12(7-4-8-13(14)20)19(18-15)11-6-3-5-10(17)9-11;15-8-3-1-4-9(7-8)19-11-6-2-5-10(16)12(11)13(18-19)14(17)20;/h3,5-6,9H,2,4,7-8H2,1H3;1,3-4,7,10H,2,5-6,16H2,(H2,17,20);1H4. The number of aromatic nitrogens is 4. The fourth-order valence-electron chi connectivity index (χ4n) is 5.41. The van der Waals surface area contributed by atoms with E-state index < -0.39 is 11.9 Å². The Kier molecular flexibility index (Phi) is 10.4. The average Bonchev–Trinajstić information content (AvgIpc) is 3.55. The summed E-state index contributed by atoms with van der Waals surface area (Å²) in [5, 5.41) is 8.77. The van der Waals surface area contributed by atoms with Crippen LogP contribution in [0.3, 0.4) is 0 Å². The molecule has 2 aliphatic rings. The zero-order chi connectivity index (χ0) is 30.0. The molecule has 4 aromatic rings. The number of ether oxygens (including phenoxy) is 1. The smallest absolute Gasteiger partial charge is 0.359 e. The topological polar surface area (TPSA) is 148 Å². The van der Waals surface area contributed by atoms with Gasteiger partial charge in [0.2, 0.25) is 0 Å². The molecule has 6 rings (SSSR count). The SMILES string of the molecule is C.CCOC(=O)c1nn(-c2cccc(Br)c2)c2c1C(=O)CCC2.NC(=O)c1nn(-c2cccc(Br)c2)c2c1C(N)CCC2. The second-order valence-electron chi connectivity index (χ2n) is 10.0. The molecule has 1 amide bonds. The Balaban J connectivity index is 0.000000193. The number of esters is 1. The molecule has 1 atom stereocenters. The number of ketones is 1. The number of nitrogens with zero attached hydrogens (tertiary/aromatic N) is 4. The first kappa shape index (κ1) is 32.3. The molecule has 2 aromatic carbocycles. The van der Waals surface area contributed by atoms with E-state index in [-0.39, 0.29) is 31.6 Å². The number of rotatable bonds is 5. The van der Waals surface area contributed by atoms with Crippen molar-refractivity contribution in [3.05, 3.63) is 91.4 Å². The normalized spacial score (nSPS) is 15.3. The van der Waals surface area contributed by atoms with E-state index in [0.29, 0.717) is 17.7 Å². The largest absolute Gasteiger partial charge is 0.461 e. The number of amides is 1. The lowest BCUT2D eigenvalue weighted by Gasteiger charge is -2.20. The highest BCUT2D eigenvalue weighted by molar-refractivity contribution is 9.10. The fraction of sp³-hybridized carbons (Fsp3) is 0.323. The van der Waals surface area contributed by atoms with E-state index in [2.05, 4.69) is 42.1 Å². The Morgan fingerprint density at radius 2 is 1.51 bits per heavy atom. The van der Waals surface area contributed by atoms with Crippen LogP contribution in [0, 0.1) is 0 Å². The van der Waals surface area contributed by atoms with E-state index >= 15 is 0 Å². The van der Waals surface area contributed by atoms with Crippen LogP contribution in [0.2, 0.25) is 0 Å². The molecule has 0 spiro atoms. The summed E-state index contributed by atoms with van der Waals surface area (Å²) in [6.07, 6.45) is 4.65. The lowest BCUT2D eigenvalue weighted by Crippen LogP contribution is -2.22. The molecule has 0 aliphatic heterocycles. The van der Waals surface area contributed by atoms with Crippen molar-refractivity contribution in [2.75, 3.05) is 6.61 Å². The number of nitrogens with two attached hydrogens (primary N) is 2. The van der Waals surface area contributed by atoms with E-state index in [0.717, 1.165) is 69.4 Å². The van der Waals surface area contributed by atoms with Crippen molar-refractivity contribution in [1.82, 2.24) is 19.6 Å². The van der Waals surface area contributed by atoms with Crippen molar-refractivity contribution in [2.45, 2.75) is 58.9 Å². The Labute approximate surface area is 267 Å². The third-order valence-electron chi connectivity index (χ3n) is 7.21. The molecule has 43 heavy (non-hydrogen) atoms. The van der Waals surface area contributed by atoms with Crippen LogP contribution in [0.25, 0.3) is 11.4 Å². The van der Waals surface area contributed by atoms with Crippen molar-refractivity contribution >= 4 is 49.5 Å². The summed E-state index contributed by atoms with van der Waals surface area (Å²) in [5.74, 6) is -1.10. The number of carbonyl (C=O) groups excluding carboxylic acids is 3. The third-order valence-corrected chi connectivity index (χ3v) is 8.19.